The van der Waals surface area contributed by atoms with E-state index in [2.05, 4.69) is 0 Å². The van der Waals surface area contributed by atoms with Crippen LogP contribution >= 0.6 is 0 Å². The monoisotopic (exact) mass is 271 g/mol. The number of nitrogens with zero attached hydrogens (tertiary/aromatic N) is 1. The van der Waals surface area contributed by atoms with E-state index < -0.39 is 23.1 Å². The molecule has 0 heterocycles. The van der Waals surface area contributed by atoms with E-state index in [4.69, 9.17) is 10.2 Å². The lowest BCUT2D eigenvalue weighted by atomic mass is 9.73. The van der Waals surface area contributed by atoms with Gasteiger partial charge in [0.05, 0.1) is 6.42 Å². The molecule has 0 rings (SSSR count). The molecule has 19 heavy (non-hydrogen) atoms. The molecule has 0 aromatic carbocycles. The Morgan fingerprint density at radius 1 is 1.11 bits per heavy atom. The first-order chi connectivity index (χ1) is 8.70. The smallest absolute Gasteiger partial charge is 0.340 e. The van der Waals surface area contributed by atoms with Crippen molar-refractivity contribution in [2.45, 2.75) is 33.1 Å². The van der Waals surface area contributed by atoms with Gasteiger partial charge in [0.2, 0.25) is 0 Å². The molecule has 2 N–H and O–H groups in total. The van der Waals surface area contributed by atoms with Crippen molar-refractivity contribution in [1.29, 1.82) is 0 Å². The fourth-order valence-corrected chi connectivity index (χ4v) is 1.95. The van der Waals surface area contributed by atoms with Crippen LogP contribution in [0.5, 0.6) is 0 Å². The second-order valence-corrected chi connectivity index (χ2v) is 4.70. The molecule has 0 aromatic heterocycles. The lowest BCUT2D eigenvalue weighted by molar-refractivity contribution is -0.145. The van der Waals surface area contributed by atoms with Gasteiger partial charge in [0.25, 0.3) is 0 Å². The maximum atomic E-state index is 12.4. The minimum absolute atomic E-state index is 0.284. The maximum Gasteiger partial charge on any atom is 0.340 e. The summed E-state index contributed by atoms with van der Waals surface area (Å²) in [6.07, 6.45) is 1.42. The van der Waals surface area contributed by atoms with Crippen molar-refractivity contribution in [2.24, 2.45) is 5.41 Å². The number of aliphatic carboxylic acids is 2. The highest BCUT2D eigenvalue weighted by Crippen LogP contribution is 2.34. The van der Waals surface area contributed by atoms with Crippen molar-refractivity contribution in [3.63, 3.8) is 0 Å². The van der Waals surface area contributed by atoms with Gasteiger partial charge in [0.1, 0.15) is 5.57 Å². The molecule has 0 amide bonds. The highest BCUT2D eigenvalue weighted by molar-refractivity contribution is 6.19. The third-order valence-corrected chi connectivity index (χ3v) is 3.19. The lowest BCUT2D eigenvalue weighted by Crippen LogP contribution is -2.36. The van der Waals surface area contributed by atoms with Crippen LogP contribution in [0.15, 0.2) is 11.8 Å². The van der Waals surface area contributed by atoms with Crippen molar-refractivity contribution in [3.05, 3.63) is 11.8 Å². The van der Waals surface area contributed by atoms with Gasteiger partial charge >= 0.3 is 11.9 Å². The van der Waals surface area contributed by atoms with E-state index in [1.807, 2.05) is 0 Å². The number of hydrogen-bond acceptors (Lipinski definition) is 4. The van der Waals surface area contributed by atoms with Crippen molar-refractivity contribution in [1.82, 2.24) is 4.90 Å². The summed E-state index contributed by atoms with van der Waals surface area (Å²) in [6.45, 7) is 3.39. The second-order valence-electron chi connectivity index (χ2n) is 4.70. The third kappa shape index (κ3) is 4.39. The Morgan fingerprint density at radius 2 is 1.58 bits per heavy atom. The van der Waals surface area contributed by atoms with Gasteiger partial charge in [-0.1, -0.05) is 13.8 Å². The Balaban J connectivity index is 5.62. The Kier molecular flexibility index (Phi) is 6.24. The molecule has 0 spiro atoms. The molecular formula is C13H21NO5. The van der Waals surface area contributed by atoms with Gasteiger partial charge in [-0.2, -0.15) is 0 Å². The first-order valence-electron chi connectivity index (χ1n) is 6.08. The van der Waals surface area contributed by atoms with Crippen LogP contribution in [0.2, 0.25) is 0 Å². The van der Waals surface area contributed by atoms with E-state index in [0.717, 1.165) is 0 Å². The molecule has 0 fully saturated rings. The summed E-state index contributed by atoms with van der Waals surface area (Å²) in [6, 6.07) is 0. The summed E-state index contributed by atoms with van der Waals surface area (Å²) in [5.41, 5.74) is -1.54. The summed E-state index contributed by atoms with van der Waals surface area (Å²) in [7, 11) is 3.21. The van der Waals surface area contributed by atoms with Gasteiger partial charge in [0.15, 0.2) is 5.78 Å². The van der Waals surface area contributed by atoms with Crippen LogP contribution in [0, 0.1) is 5.41 Å². The highest BCUT2D eigenvalue weighted by Gasteiger charge is 2.40. The number of Topliss-reactive ketones (excluding diaryl/α,β-unsaturated/α-hetero) is 1. The predicted octanol–water partition coefficient (Wildman–Crippen LogP) is 1.37. The molecule has 0 bridgehead atoms. The largest absolute Gasteiger partial charge is 0.481 e. The molecule has 0 aliphatic heterocycles. The molecule has 0 unspecified atom stereocenters. The molecule has 108 valence electrons. The zero-order valence-corrected chi connectivity index (χ0v) is 11.8. The van der Waals surface area contributed by atoms with Crippen LogP contribution in [0.4, 0.5) is 0 Å². The SMILES string of the molecule is CCC(CC)(CC(=O)O)C(=O)C(=CN(C)C)C(=O)O. The first-order valence-corrected chi connectivity index (χ1v) is 6.08. The van der Waals surface area contributed by atoms with E-state index in [0.29, 0.717) is 0 Å². The summed E-state index contributed by atoms with van der Waals surface area (Å²) in [5.74, 6) is -3.07. The zero-order chi connectivity index (χ0) is 15.2. The summed E-state index contributed by atoms with van der Waals surface area (Å²) in [4.78, 5) is 36.0. The number of rotatable bonds is 8. The average molecular weight is 271 g/mol. The Labute approximate surface area is 112 Å². The van der Waals surface area contributed by atoms with Crippen LogP contribution in [-0.4, -0.2) is 46.9 Å². The van der Waals surface area contributed by atoms with Crippen molar-refractivity contribution in [3.8, 4) is 0 Å². The Bertz CT molecular complexity index is 394. The van der Waals surface area contributed by atoms with Crippen molar-refractivity contribution in [2.75, 3.05) is 14.1 Å². The maximum absolute atomic E-state index is 12.4. The molecule has 0 saturated carbocycles. The molecule has 6 heteroatoms. The molecule has 0 aliphatic carbocycles. The standard InChI is InChI=1S/C13H21NO5/c1-5-13(6-2,7-10(15)16)11(17)9(12(18)19)8-14(3)4/h8H,5-7H2,1-4H3,(H,15,16)(H,18,19). The number of carbonyl (C=O) groups excluding carboxylic acids is 1. The van der Waals surface area contributed by atoms with Crippen LogP contribution in [0.3, 0.4) is 0 Å². The average Bonchev–Trinajstić information content (AvgIpc) is 2.31. The van der Waals surface area contributed by atoms with E-state index >= 15 is 0 Å². The van der Waals surface area contributed by atoms with E-state index in [9.17, 15) is 14.4 Å². The van der Waals surface area contributed by atoms with Crippen molar-refractivity contribution >= 4 is 17.7 Å². The molecule has 0 aromatic rings. The molecule has 0 atom stereocenters. The van der Waals surface area contributed by atoms with E-state index in [-0.39, 0.29) is 24.8 Å². The van der Waals surface area contributed by atoms with Gasteiger partial charge in [0, 0.05) is 25.7 Å². The fraction of sp³-hybridized carbons (Fsp3) is 0.615. The number of hydrogen-bond donors (Lipinski definition) is 2. The van der Waals surface area contributed by atoms with Crippen LogP contribution in [0.1, 0.15) is 33.1 Å². The Morgan fingerprint density at radius 3 is 1.84 bits per heavy atom. The number of carboxylic acid groups (broad SMARTS) is 2. The first kappa shape index (κ1) is 17.2. The van der Waals surface area contributed by atoms with Crippen LogP contribution in [-0.2, 0) is 14.4 Å². The van der Waals surface area contributed by atoms with Crippen LogP contribution < -0.4 is 0 Å². The normalized spacial score (nSPS) is 12.1. The van der Waals surface area contributed by atoms with Gasteiger partial charge in [-0.3, -0.25) is 9.59 Å². The Hall–Kier alpha value is -1.85. The topological polar surface area (TPSA) is 94.9 Å². The second kappa shape index (κ2) is 6.92. The summed E-state index contributed by atoms with van der Waals surface area (Å²) in [5, 5.41) is 18.1. The molecule has 6 nitrogen and oxygen atoms in total. The van der Waals surface area contributed by atoms with E-state index in [1.165, 1.54) is 11.1 Å². The third-order valence-electron chi connectivity index (χ3n) is 3.19. The minimum atomic E-state index is -1.34. The molecule has 0 saturated heterocycles. The highest BCUT2D eigenvalue weighted by atomic mass is 16.4. The minimum Gasteiger partial charge on any atom is -0.481 e. The van der Waals surface area contributed by atoms with Crippen LogP contribution in [0.25, 0.3) is 0 Å². The van der Waals surface area contributed by atoms with Gasteiger partial charge in [-0.25, -0.2) is 4.79 Å². The van der Waals surface area contributed by atoms with E-state index in [1.54, 1.807) is 27.9 Å². The predicted molar refractivity (Wildman–Crippen MR) is 69.7 cm³/mol. The van der Waals surface area contributed by atoms with Gasteiger partial charge in [-0.05, 0) is 12.8 Å². The zero-order valence-electron chi connectivity index (χ0n) is 11.8. The fourth-order valence-electron chi connectivity index (χ4n) is 1.95. The van der Waals surface area contributed by atoms with Crippen molar-refractivity contribution < 1.29 is 24.6 Å². The van der Waals surface area contributed by atoms with Gasteiger partial charge in [-0.15, -0.1) is 0 Å². The van der Waals surface area contributed by atoms with Gasteiger partial charge < -0.3 is 15.1 Å². The lowest BCUT2D eigenvalue weighted by Gasteiger charge is -2.28. The molecule has 0 radical (unpaired) electrons. The number of carboxylic acids is 2. The molecular weight excluding hydrogens is 250 g/mol. The summed E-state index contributed by atoms with van der Waals surface area (Å²) < 4.78 is 0. The molecule has 0 aliphatic rings. The number of carbonyl (C=O) groups is 3. The summed E-state index contributed by atoms with van der Waals surface area (Å²) >= 11 is 0. The number of ketones is 1. The quantitative estimate of drug-likeness (QED) is 0.393.